The number of hydrogen-bond acceptors (Lipinski definition) is 5. The van der Waals surface area contributed by atoms with Crippen LogP contribution in [0, 0.1) is 17.2 Å². The first kappa shape index (κ1) is 19.1. The zero-order chi connectivity index (χ0) is 21.2. The van der Waals surface area contributed by atoms with Crippen molar-refractivity contribution in [3.63, 3.8) is 0 Å². The molecule has 1 aliphatic rings. The molecule has 2 aromatic carbocycles. The molecule has 0 bridgehead atoms. The van der Waals surface area contributed by atoms with Gasteiger partial charge in [-0.15, -0.1) is 0 Å². The summed E-state index contributed by atoms with van der Waals surface area (Å²) in [7, 11) is 0. The number of carbonyl (C=O) groups is 1. The number of amides is 1. The smallest absolute Gasteiger partial charge is 0.291 e. The Labute approximate surface area is 178 Å². The molecule has 3 heterocycles. The van der Waals surface area contributed by atoms with Crippen LogP contribution >= 0.6 is 0 Å². The summed E-state index contributed by atoms with van der Waals surface area (Å²) in [5.41, 5.74) is 4.30. The highest BCUT2D eigenvalue weighted by Crippen LogP contribution is 2.38. The summed E-state index contributed by atoms with van der Waals surface area (Å²) >= 11 is 0. The second kappa shape index (κ2) is 8.09. The van der Waals surface area contributed by atoms with Gasteiger partial charge in [-0.1, -0.05) is 24.3 Å². The van der Waals surface area contributed by atoms with Gasteiger partial charge < -0.3 is 14.5 Å². The monoisotopic (exact) mass is 412 g/mol. The predicted molar refractivity (Wildman–Crippen MR) is 115 cm³/mol. The SMILES string of the molecule is N#CC1CCC(c2cccc3[nH]nc(-c4cccc(NC(=O)c5ccco5)c4)c23)OC1. The molecule has 0 radical (unpaired) electrons. The van der Waals surface area contributed by atoms with Gasteiger partial charge in [-0.25, -0.2) is 0 Å². The molecule has 0 aliphatic carbocycles. The average molecular weight is 412 g/mol. The van der Waals surface area contributed by atoms with Crippen molar-refractivity contribution in [2.45, 2.75) is 18.9 Å². The molecule has 1 aliphatic heterocycles. The van der Waals surface area contributed by atoms with E-state index in [0.29, 0.717) is 12.3 Å². The summed E-state index contributed by atoms with van der Waals surface area (Å²) in [6, 6.07) is 19.2. The number of rotatable bonds is 4. The molecular formula is C24H20N4O3. The zero-order valence-corrected chi connectivity index (χ0v) is 16.7. The number of anilines is 1. The van der Waals surface area contributed by atoms with Gasteiger partial charge in [0.05, 0.1) is 36.5 Å². The van der Waals surface area contributed by atoms with Gasteiger partial charge in [0.2, 0.25) is 0 Å². The first-order valence-corrected chi connectivity index (χ1v) is 10.2. The minimum absolute atomic E-state index is 0.0475. The fraction of sp³-hybridized carbons (Fsp3) is 0.208. The third kappa shape index (κ3) is 3.69. The second-order valence-electron chi connectivity index (χ2n) is 7.58. The fourth-order valence-electron chi connectivity index (χ4n) is 4.02. The van der Waals surface area contributed by atoms with Crippen LogP contribution in [0.5, 0.6) is 0 Å². The van der Waals surface area contributed by atoms with Crippen molar-refractivity contribution in [2.24, 2.45) is 5.92 Å². The van der Waals surface area contributed by atoms with E-state index in [1.807, 2.05) is 36.4 Å². The van der Waals surface area contributed by atoms with Crippen LogP contribution in [0.25, 0.3) is 22.2 Å². The Morgan fingerprint density at radius 3 is 2.84 bits per heavy atom. The van der Waals surface area contributed by atoms with Crippen LogP contribution in [0.1, 0.15) is 35.1 Å². The number of aromatic nitrogens is 2. The highest BCUT2D eigenvalue weighted by Gasteiger charge is 2.26. The van der Waals surface area contributed by atoms with E-state index in [1.165, 1.54) is 6.26 Å². The van der Waals surface area contributed by atoms with Crippen molar-refractivity contribution in [2.75, 3.05) is 11.9 Å². The Morgan fingerprint density at radius 2 is 2.06 bits per heavy atom. The number of nitriles is 1. The number of nitrogens with zero attached hydrogens (tertiary/aromatic N) is 2. The van der Waals surface area contributed by atoms with Gasteiger partial charge in [0, 0.05) is 16.6 Å². The molecule has 5 rings (SSSR count). The van der Waals surface area contributed by atoms with Gasteiger partial charge in [-0.2, -0.15) is 10.4 Å². The lowest BCUT2D eigenvalue weighted by molar-refractivity contribution is -0.00259. The number of hydrogen-bond donors (Lipinski definition) is 2. The maximum atomic E-state index is 12.3. The number of ether oxygens (including phenoxy) is 1. The van der Waals surface area contributed by atoms with Gasteiger partial charge >= 0.3 is 0 Å². The standard InChI is InChI=1S/C24H20N4O3/c25-13-15-9-10-20(31-14-15)18-6-2-7-19-22(18)23(28-27-19)16-4-1-5-17(12-16)26-24(29)21-8-3-11-30-21/h1-8,11-12,15,20H,9-10,14H2,(H,26,29)(H,27,28). The Morgan fingerprint density at radius 1 is 1.16 bits per heavy atom. The Hall–Kier alpha value is -3.89. The lowest BCUT2D eigenvalue weighted by Gasteiger charge is -2.26. The van der Waals surface area contributed by atoms with E-state index in [0.717, 1.165) is 40.6 Å². The Kier molecular flexibility index (Phi) is 4.98. The molecule has 2 unspecified atom stereocenters. The van der Waals surface area contributed by atoms with Crippen molar-refractivity contribution < 1.29 is 13.9 Å². The third-order valence-electron chi connectivity index (χ3n) is 5.57. The molecule has 2 atom stereocenters. The largest absolute Gasteiger partial charge is 0.459 e. The van der Waals surface area contributed by atoms with Crippen LogP contribution in [0.3, 0.4) is 0 Å². The van der Waals surface area contributed by atoms with E-state index < -0.39 is 0 Å². The van der Waals surface area contributed by atoms with Gasteiger partial charge in [-0.3, -0.25) is 9.89 Å². The van der Waals surface area contributed by atoms with E-state index in [4.69, 9.17) is 14.4 Å². The van der Waals surface area contributed by atoms with Gasteiger partial charge in [-0.05, 0) is 48.7 Å². The zero-order valence-electron chi connectivity index (χ0n) is 16.7. The molecule has 4 aromatic rings. The lowest BCUT2D eigenvalue weighted by Crippen LogP contribution is -2.19. The van der Waals surface area contributed by atoms with Gasteiger partial charge in [0.25, 0.3) is 5.91 Å². The van der Waals surface area contributed by atoms with E-state index in [2.05, 4.69) is 27.6 Å². The number of fused-ring (bicyclic) bond motifs is 1. The van der Waals surface area contributed by atoms with Crippen LogP contribution in [0.4, 0.5) is 5.69 Å². The average Bonchev–Trinajstić information content (AvgIpc) is 3.50. The number of H-pyrrole nitrogens is 1. The minimum atomic E-state index is -0.308. The highest BCUT2D eigenvalue weighted by atomic mass is 16.5. The summed E-state index contributed by atoms with van der Waals surface area (Å²) in [6.07, 6.45) is 3.00. The highest BCUT2D eigenvalue weighted by molar-refractivity contribution is 6.03. The van der Waals surface area contributed by atoms with E-state index in [9.17, 15) is 4.79 Å². The maximum absolute atomic E-state index is 12.3. The summed E-state index contributed by atoms with van der Waals surface area (Å²) in [4.78, 5) is 12.3. The molecule has 0 spiro atoms. The van der Waals surface area contributed by atoms with Crippen LogP contribution in [-0.2, 0) is 4.74 Å². The molecule has 31 heavy (non-hydrogen) atoms. The van der Waals surface area contributed by atoms with Crippen LogP contribution in [0.2, 0.25) is 0 Å². The normalized spacial score (nSPS) is 18.5. The summed E-state index contributed by atoms with van der Waals surface area (Å²) in [5, 5.41) is 20.7. The van der Waals surface area contributed by atoms with Gasteiger partial charge in [0.15, 0.2) is 5.76 Å². The number of benzene rings is 2. The van der Waals surface area contributed by atoms with Crippen LogP contribution in [-0.4, -0.2) is 22.7 Å². The van der Waals surface area contributed by atoms with E-state index in [-0.39, 0.29) is 23.7 Å². The Balaban J connectivity index is 1.48. The minimum Gasteiger partial charge on any atom is -0.459 e. The van der Waals surface area contributed by atoms with E-state index >= 15 is 0 Å². The van der Waals surface area contributed by atoms with Crippen molar-refractivity contribution in [3.8, 4) is 17.3 Å². The van der Waals surface area contributed by atoms with Crippen molar-refractivity contribution >= 4 is 22.5 Å². The van der Waals surface area contributed by atoms with Gasteiger partial charge in [0.1, 0.15) is 5.69 Å². The summed E-state index contributed by atoms with van der Waals surface area (Å²) < 4.78 is 11.2. The molecule has 7 heteroatoms. The van der Waals surface area contributed by atoms with Crippen molar-refractivity contribution in [1.82, 2.24) is 10.2 Å². The molecule has 154 valence electrons. The molecule has 1 amide bonds. The molecular weight excluding hydrogens is 392 g/mol. The Bertz CT molecular complexity index is 1260. The number of carbonyl (C=O) groups excluding carboxylic acids is 1. The lowest BCUT2D eigenvalue weighted by atomic mass is 9.92. The molecule has 2 N–H and O–H groups in total. The quantitative estimate of drug-likeness (QED) is 0.487. The fourth-order valence-corrected chi connectivity index (χ4v) is 4.02. The van der Waals surface area contributed by atoms with Crippen molar-refractivity contribution in [1.29, 1.82) is 5.26 Å². The predicted octanol–water partition coefficient (Wildman–Crippen LogP) is 5.07. The van der Waals surface area contributed by atoms with Crippen LogP contribution < -0.4 is 5.32 Å². The second-order valence-corrected chi connectivity index (χ2v) is 7.58. The van der Waals surface area contributed by atoms with E-state index in [1.54, 1.807) is 12.1 Å². The first-order chi connectivity index (χ1) is 15.2. The number of aromatic amines is 1. The molecule has 1 fully saturated rings. The molecule has 0 saturated carbocycles. The number of nitrogens with one attached hydrogen (secondary N) is 2. The topological polar surface area (TPSA) is 104 Å². The third-order valence-corrected chi connectivity index (χ3v) is 5.57. The summed E-state index contributed by atoms with van der Waals surface area (Å²) in [6.45, 7) is 0.443. The van der Waals surface area contributed by atoms with Crippen molar-refractivity contribution in [3.05, 3.63) is 72.2 Å². The maximum Gasteiger partial charge on any atom is 0.291 e. The van der Waals surface area contributed by atoms with Crippen LogP contribution in [0.15, 0.2) is 65.3 Å². The number of furan rings is 1. The first-order valence-electron chi connectivity index (χ1n) is 10.2. The molecule has 7 nitrogen and oxygen atoms in total. The summed E-state index contributed by atoms with van der Waals surface area (Å²) in [5.74, 6) is -0.103. The molecule has 2 aromatic heterocycles. The molecule has 1 saturated heterocycles.